The number of hydrogen-bond donors (Lipinski definition) is 1. The fourth-order valence-electron chi connectivity index (χ4n) is 3.27. The molecule has 23 heavy (non-hydrogen) atoms. The van der Waals surface area contributed by atoms with E-state index in [1.807, 2.05) is 28.0 Å². The third-order valence-corrected chi connectivity index (χ3v) is 4.57. The molecule has 1 aromatic rings. The second kappa shape index (κ2) is 7.44. The Balaban J connectivity index is 1.42. The molecule has 0 radical (unpaired) electrons. The Morgan fingerprint density at radius 1 is 1.09 bits per heavy atom. The number of rotatable bonds is 3. The molecule has 0 saturated carbocycles. The zero-order valence-electron chi connectivity index (χ0n) is 13.4. The molecule has 0 spiro atoms. The summed E-state index contributed by atoms with van der Waals surface area (Å²) >= 11 is 0. The van der Waals surface area contributed by atoms with Crippen LogP contribution in [0.2, 0.25) is 0 Å². The minimum absolute atomic E-state index is 0.00743. The van der Waals surface area contributed by atoms with E-state index in [0.717, 1.165) is 57.6 Å². The molecule has 2 saturated heterocycles. The van der Waals surface area contributed by atoms with Crippen LogP contribution in [0.1, 0.15) is 31.4 Å². The maximum Gasteiger partial charge on any atom is 0.319 e. The van der Waals surface area contributed by atoms with E-state index in [0.29, 0.717) is 6.42 Å². The fraction of sp³-hybridized carbons (Fsp3) is 0.588. The first-order valence-electron chi connectivity index (χ1n) is 8.45. The second-order valence-corrected chi connectivity index (χ2v) is 6.30. The number of carbonyl (C=O) groups is 2. The molecule has 0 unspecified atom stereocenters. The van der Waals surface area contributed by atoms with Crippen molar-refractivity contribution < 1.29 is 9.59 Å². The average molecular weight is 316 g/mol. The number of aromatic nitrogens is 1. The van der Waals surface area contributed by atoms with Crippen molar-refractivity contribution in [3.05, 3.63) is 30.1 Å². The molecule has 6 heteroatoms. The maximum atomic E-state index is 12.3. The molecular weight excluding hydrogens is 292 g/mol. The molecular formula is C17H24N4O2. The van der Waals surface area contributed by atoms with Gasteiger partial charge in [-0.15, -0.1) is 0 Å². The van der Waals surface area contributed by atoms with Gasteiger partial charge in [-0.3, -0.25) is 9.78 Å². The second-order valence-electron chi connectivity index (χ2n) is 6.30. The highest BCUT2D eigenvalue weighted by molar-refractivity contribution is 5.78. The van der Waals surface area contributed by atoms with Crippen molar-refractivity contribution in [1.29, 1.82) is 0 Å². The predicted molar refractivity (Wildman–Crippen MR) is 86.9 cm³/mol. The Morgan fingerprint density at radius 3 is 2.43 bits per heavy atom. The van der Waals surface area contributed by atoms with Crippen molar-refractivity contribution in [2.45, 2.75) is 38.1 Å². The van der Waals surface area contributed by atoms with E-state index in [4.69, 9.17) is 0 Å². The van der Waals surface area contributed by atoms with Crippen LogP contribution in [0.4, 0.5) is 4.79 Å². The van der Waals surface area contributed by atoms with Gasteiger partial charge < -0.3 is 15.1 Å². The van der Waals surface area contributed by atoms with Gasteiger partial charge in [-0.2, -0.15) is 0 Å². The standard InChI is InChI=1S/C17H24N4O2/c22-16(13-15-5-1-2-8-18-15)19-14-6-11-21(12-7-14)17(23)20-9-3-4-10-20/h1-2,5,8,14H,3-4,6-7,9-13H2,(H,19,22). The summed E-state index contributed by atoms with van der Waals surface area (Å²) in [5.41, 5.74) is 0.784. The van der Waals surface area contributed by atoms with Crippen LogP contribution in [0, 0.1) is 0 Å². The molecule has 0 atom stereocenters. The summed E-state index contributed by atoms with van der Waals surface area (Å²) in [5.74, 6) is 0.00743. The number of likely N-dealkylation sites (tertiary alicyclic amines) is 2. The van der Waals surface area contributed by atoms with Gasteiger partial charge in [-0.05, 0) is 37.8 Å². The van der Waals surface area contributed by atoms with Crippen LogP contribution in [-0.4, -0.2) is 58.9 Å². The summed E-state index contributed by atoms with van der Waals surface area (Å²) in [4.78, 5) is 32.4. The number of nitrogens with one attached hydrogen (secondary N) is 1. The molecule has 124 valence electrons. The van der Waals surface area contributed by atoms with Gasteiger partial charge in [0.05, 0.1) is 6.42 Å². The lowest BCUT2D eigenvalue weighted by atomic mass is 10.0. The molecule has 0 bridgehead atoms. The van der Waals surface area contributed by atoms with E-state index in [2.05, 4.69) is 10.3 Å². The van der Waals surface area contributed by atoms with E-state index in [1.165, 1.54) is 0 Å². The molecule has 1 aromatic heterocycles. The van der Waals surface area contributed by atoms with Crippen LogP contribution in [0.15, 0.2) is 24.4 Å². The first-order valence-corrected chi connectivity index (χ1v) is 8.45. The van der Waals surface area contributed by atoms with Crippen LogP contribution in [0.5, 0.6) is 0 Å². The summed E-state index contributed by atoms with van der Waals surface area (Å²) in [7, 11) is 0. The molecule has 3 amide bonds. The zero-order chi connectivity index (χ0) is 16.1. The van der Waals surface area contributed by atoms with Crippen LogP contribution in [0.25, 0.3) is 0 Å². The smallest absolute Gasteiger partial charge is 0.319 e. The number of amides is 3. The number of nitrogens with zero attached hydrogens (tertiary/aromatic N) is 3. The largest absolute Gasteiger partial charge is 0.353 e. The van der Waals surface area contributed by atoms with Gasteiger partial charge in [-0.1, -0.05) is 6.07 Å². The SMILES string of the molecule is O=C(Cc1ccccn1)NC1CCN(C(=O)N2CCCC2)CC1. The van der Waals surface area contributed by atoms with Gasteiger partial charge in [0, 0.05) is 44.1 Å². The van der Waals surface area contributed by atoms with Gasteiger partial charge in [0.1, 0.15) is 0 Å². The third-order valence-electron chi connectivity index (χ3n) is 4.57. The number of carbonyl (C=O) groups excluding carboxylic acids is 2. The van der Waals surface area contributed by atoms with Crippen molar-refractivity contribution in [3.8, 4) is 0 Å². The number of piperidine rings is 1. The maximum absolute atomic E-state index is 12.3. The first-order chi connectivity index (χ1) is 11.2. The van der Waals surface area contributed by atoms with Crippen LogP contribution in [0.3, 0.4) is 0 Å². The Morgan fingerprint density at radius 2 is 1.78 bits per heavy atom. The number of urea groups is 1. The molecule has 0 aliphatic carbocycles. The topological polar surface area (TPSA) is 65.5 Å². The summed E-state index contributed by atoms with van der Waals surface area (Å²) in [6, 6.07) is 5.92. The highest BCUT2D eigenvalue weighted by Gasteiger charge is 2.28. The molecule has 6 nitrogen and oxygen atoms in total. The van der Waals surface area contributed by atoms with Gasteiger partial charge in [0.2, 0.25) is 5.91 Å². The van der Waals surface area contributed by atoms with E-state index in [9.17, 15) is 9.59 Å². The van der Waals surface area contributed by atoms with Crippen molar-refractivity contribution in [3.63, 3.8) is 0 Å². The lowest BCUT2D eigenvalue weighted by Crippen LogP contribution is -2.50. The van der Waals surface area contributed by atoms with Gasteiger partial charge in [-0.25, -0.2) is 4.79 Å². The van der Waals surface area contributed by atoms with E-state index >= 15 is 0 Å². The van der Waals surface area contributed by atoms with Crippen molar-refractivity contribution in [2.24, 2.45) is 0 Å². The summed E-state index contributed by atoms with van der Waals surface area (Å²) in [6.07, 6.45) is 5.90. The fourth-order valence-corrected chi connectivity index (χ4v) is 3.27. The van der Waals surface area contributed by atoms with E-state index in [-0.39, 0.29) is 18.0 Å². The Labute approximate surface area is 136 Å². The van der Waals surface area contributed by atoms with Crippen LogP contribution < -0.4 is 5.32 Å². The normalized spacial score (nSPS) is 19.0. The zero-order valence-corrected chi connectivity index (χ0v) is 13.4. The molecule has 3 rings (SSSR count). The van der Waals surface area contributed by atoms with Crippen molar-refractivity contribution >= 4 is 11.9 Å². The summed E-state index contributed by atoms with van der Waals surface area (Å²) in [6.45, 7) is 3.23. The Kier molecular flexibility index (Phi) is 5.10. The summed E-state index contributed by atoms with van der Waals surface area (Å²) < 4.78 is 0. The highest BCUT2D eigenvalue weighted by atomic mass is 16.2. The van der Waals surface area contributed by atoms with E-state index < -0.39 is 0 Å². The van der Waals surface area contributed by atoms with E-state index in [1.54, 1.807) is 6.20 Å². The Bertz CT molecular complexity index is 535. The average Bonchev–Trinajstić information content (AvgIpc) is 3.10. The first kappa shape index (κ1) is 15.8. The molecule has 0 aromatic carbocycles. The minimum atomic E-state index is 0.00743. The Hall–Kier alpha value is -2.11. The molecule has 1 N–H and O–H groups in total. The van der Waals surface area contributed by atoms with Gasteiger partial charge in [0.15, 0.2) is 0 Å². The lowest BCUT2D eigenvalue weighted by molar-refractivity contribution is -0.121. The molecule has 2 aliphatic rings. The highest BCUT2D eigenvalue weighted by Crippen LogP contribution is 2.16. The molecule has 3 heterocycles. The number of hydrogen-bond acceptors (Lipinski definition) is 3. The predicted octanol–water partition coefficient (Wildman–Crippen LogP) is 1.42. The minimum Gasteiger partial charge on any atom is -0.353 e. The van der Waals surface area contributed by atoms with Crippen molar-refractivity contribution in [1.82, 2.24) is 20.1 Å². The summed E-state index contributed by atoms with van der Waals surface area (Å²) in [5, 5.41) is 3.07. The molecule has 2 fully saturated rings. The van der Waals surface area contributed by atoms with Gasteiger partial charge in [0.25, 0.3) is 0 Å². The van der Waals surface area contributed by atoms with Crippen molar-refractivity contribution in [2.75, 3.05) is 26.2 Å². The lowest BCUT2D eigenvalue weighted by Gasteiger charge is -2.34. The number of pyridine rings is 1. The monoisotopic (exact) mass is 316 g/mol. The van der Waals surface area contributed by atoms with Crippen LogP contribution >= 0.6 is 0 Å². The van der Waals surface area contributed by atoms with Crippen LogP contribution in [-0.2, 0) is 11.2 Å². The quantitative estimate of drug-likeness (QED) is 0.917. The molecule has 2 aliphatic heterocycles. The third kappa shape index (κ3) is 4.21. The van der Waals surface area contributed by atoms with Gasteiger partial charge >= 0.3 is 6.03 Å².